The van der Waals surface area contributed by atoms with E-state index in [-0.39, 0.29) is 10.9 Å². The maximum atomic E-state index is 10.4. The number of hydrogen-bond donors (Lipinski definition) is 12. The van der Waals surface area contributed by atoms with Gasteiger partial charge in [-0.15, -0.1) is 0 Å². The van der Waals surface area contributed by atoms with Gasteiger partial charge in [-0.3, -0.25) is 0 Å². The molecule has 0 amide bonds. The number of benzene rings is 3. The van der Waals surface area contributed by atoms with E-state index >= 15 is 0 Å². The van der Waals surface area contributed by atoms with Crippen LogP contribution < -0.4 is 0 Å². The minimum Gasteiger partial charge on any atom is -0.0619 e. The third kappa shape index (κ3) is 77.9. The van der Waals surface area contributed by atoms with E-state index in [2.05, 4.69) is 91.0 Å². The first-order valence-electron chi connectivity index (χ1n) is 10.9. The molecule has 284 valence electrons. The van der Waals surface area contributed by atoms with Crippen molar-refractivity contribution in [2.45, 2.75) is 14.7 Å². The van der Waals surface area contributed by atoms with Crippen molar-refractivity contribution in [2.24, 2.45) is 0 Å². The Hall–Kier alpha value is -0.739. The Morgan fingerprint density at radius 2 is 0.408 bits per heavy atom. The molecular weight excluding hydrogens is 1100 g/mol. The Balaban J connectivity index is -0.000000280. The molecule has 0 fully saturated rings. The molecule has 18 nitrogen and oxygen atoms in total. The van der Waals surface area contributed by atoms with Crippen molar-refractivity contribution in [1.29, 1.82) is 0 Å². The van der Waals surface area contributed by atoms with Gasteiger partial charge in [0.1, 0.15) is 0 Å². The van der Waals surface area contributed by atoms with E-state index in [1.807, 2.05) is 0 Å². The van der Waals surface area contributed by atoms with E-state index in [9.17, 15) is 20.8 Å². The predicted octanol–water partition coefficient (Wildman–Crippen LogP) is -2.38. The van der Waals surface area contributed by atoms with Gasteiger partial charge in [0.25, 0.3) is 0 Å². The van der Waals surface area contributed by atoms with Gasteiger partial charge in [0.2, 0.25) is 0 Å². The first-order valence-corrected chi connectivity index (χ1v) is 31.0. The van der Waals surface area contributed by atoms with E-state index in [1.54, 1.807) is 0 Å². The Kier molecular flexibility index (Phi) is 29.3. The number of hydrogen-bond acceptors (Lipinski definition) is 6. The van der Waals surface area contributed by atoms with Gasteiger partial charge < -0.3 is 0 Å². The molecule has 0 aliphatic rings. The van der Waals surface area contributed by atoms with Crippen LogP contribution in [0.25, 0.3) is 0 Å². The van der Waals surface area contributed by atoms with Gasteiger partial charge in [-0.05, 0) is 36.4 Å². The molecule has 0 aromatic heterocycles. The Morgan fingerprint density at radius 1 is 0.306 bits per heavy atom. The van der Waals surface area contributed by atoms with Crippen molar-refractivity contribution in [3.8, 4) is 0 Å². The fourth-order valence-corrected chi connectivity index (χ4v) is 4.18. The van der Waals surface area contributed by atoms with Crippen molar-refractivity contribution in [3.63, 3.8) is 0 Å². The van der Waals surface area contributed by atoms with Crippen LogP contribution in [-0.4, -0.2) is 137 Å². The summed E-state index contributed by atoms with van der Waals surface area (Å²) in [5.41, 5.74) is 0. The van der Waals surface area contributed by atoms with E-state index in [1.165, 1.54) is 14.7 Å². The van der Waals surface area contributed by atoms with Gasteiger partial charge in [-0.1, -0.05) is 54.6 Å². The average Bonchev–Trinajstić information content (AvgIpc) is 2.80. The quantitative estimate of drug-likeness (QED) is 0.0740. The fraction of sp³-hybridized carbons (Fsp3) is 0. The van der Waals surface area contributed by atoms with Gasteiger partial charge in [0.05, 0.1) is 10.9 Å². The van der Waals surface area contributed by atoms with Gasteiger partial charge in [-0.25, -0.2) is 0 Å². The van der Waals surface area contributed by atoms with Crippen molar-refractivity contribution < 1.29 is 92.4 Å². The molecule has 0 heterocycles. The molecule has 12 N–H and O–H groups in total. The van der Waals surface area contributed by atoms with Gasteiger partial charge >= 0.3 is 180 Å². The molecule has 0 spiro atoms. The molecule has 3 rings (SSSR count). The summed E-state index contributed by atoms with van der Waals surface area (Å²) < 4.78 is 199. The van der Waals surface area contributed by atoms with Crippen molar-refractivity contribution in [2.75, 3.05) is 0 Å². The largest absolute Gasteiger partial charge is 0.166 e. The number of rotatable bonds is 3. The van der Waals surface area contributed by atoms with Crippen LogP contribution in [0.3, 0.4) is 0 Å². The van der Waals surface area contributed by atoms with Gasteiger partial charge in [0, 0.05) is 0 Å². The molecule has 0 saturated heterocycles. The summed E-state index contributed by atoms with van der Waals surface area (Å²) in [7, 11) is -0.0146. The van der Waals surface area contributed by atoms with Gasteiger partial charge in [0.15, 0.2) is 14.7 Å². The van der Waals surface area contributed by atoms with Crippen molar-refractivity contribution in [1.82, 2.24) is 0 Å². The smallest absolute Gasteiger partial charge is 0.0619 e. The summed E-state index contributed by atoms with van der Waals surface area (Å²) in [5.74, 6) is 0. The average molecular weight is 1130 g/mol. The molecule has 49 heavy (non-hydrogen) atoms. The van der Waals surface area contributed by atoms with Crippen LogP contribution in [0.4, 0.5) is 20.8 Å². The summed E-state index contributed by atoms with van der Waals surface area (Å²) in [6.07, 6.45) is 0. The molecule has 3 aromatic carbocycles. The topological polar surface area (TPSA) is 345 Å². The van der Waals surface area contributed by atoms with Gasteiger partial charge in [-0.2, -0.15) is 0 Å². The maximum Gasteiger partial charge on any atom is 0.166 e. The summed E-state index contributed by atoms with van der Waals surface area (Å²) in [5, 5.41) is 0. The monoisotopic (exact) mass is 1130 g/mol. The van der Waals surface area contributed by atoms with Crippen LogP contribution in [0.5, 0.6) is 0 Å². The van der Waals surface area contributed by atoms with Crippen molar-refractivity contribution >= 4 is 98.8 Å². The minimum atomic E-state index is -5.62. The van der Waals surface area contributed by atoms with E-state index in [0.29, 0.717) is 0 Å². The SMILES string of the molecule is O=[As](O)(O)F.O=[As](O)(O)F.O=[As](O)(O)F.O=[As](O)(O)F.O=[As](O)(O)F.O=[As](O)(O)F.c1ccc([S+](c2ccccc2)c2ccccc2)cc1. The van der Waals surface area contributed by atoms with E-state index in [4.69, 9.17) is 71.6 Å². The summed E-state index contributed by atoms with van der Waals surface area (Å²) >= 11 is -33.8. The van der Waals surface area contributed by atoms with Crippen molar-refractivity contribution in [3.05, 3.63) is 91.0 Å². The molecule has 0 atom stereocenters. The maximum absolute atomic E-state index is 10.4. The number of halogens is 6. The fourth-order valence-electron chi connectivity index (χ4n) is 2.08. The zero-order chi connectivity index (χ0) is 39.9. The first-order chi connectivity index (χ1) is 21.4. The van der Waals surface area contributed by atoms with Crippen LogP contribution >= 0.6 is 0 Å². The summed E-state index contributed by atoms with van der Waals surface area (Å²) in [4.78, 5) is 4.08. The molecule has 0 unspecified atom stereocenters. The normalized spacial score (nSPS) is 11.3. The predicted molar refractivity (Wildman–Crippen MR) is 153 cm³/mol. The molecular formula is C18H27As6F6O18S+. The Labute approximate surface area is 294 Å². The van der Waals surface area contributed by atoms with E-state index < -0.39 is 87.9 Å². The minimum absolute atomic E-state index is 0.0146. The summed E-state index contributed by atoms with van der Waals surface area (Å²) in [6, 6.07) is 32.2. The summed E-state index contributed by atoms with van der Waals surface area (Å²) in [6.45, 7) is 0. The first kappa shape index (κ1) is 55.0. The third-order valence-corrected chi connectivity index (χ3v) is 5.17. The second kappa shape index (κ2) is 26.1. The van der Waals surface area contributed by atoms with Crippen LogP contribution in [0, 0.1) is 0 Å². The van der Waals surface area contributed by atoms with Crippen LogP contribution in [0.15, 0.2) is 106 Å². The Morgan fingerprint density at radius 3 is 0.510 bits per heavy atom. The standard InChI is InChI=1S/C18H15S.6AsFH2O3/c1-4-10-16(11-5-1)19(17-12-6-2-7-13-17)18-14-8-3-9-15-18;6*2-1(3,4)5/h1-15H;6*(H2,3,4,5)/q+1;;;;;;. The third-order valence-electron chi connectivity index (χ3n) is 2.94. The second-order valence-corrected chi connectivity index (χ2v) is 21.0. The molecule has 3 aromatic rings. The van der Waals surface area contributed by atoms with Crippen LogP contribution in [0.2, 0.25) is 0 Å². The van der Waals surface area contributed by atoms with Crippen LogP contribution in [-0.2, 0) is 33.3 Å². The molecule has 0 aliphatic heterocycles. The molecule has 0 aliphatic carbocycles. The van der Waals surface area contributed by atoms with E-state index in [0.717, 1.165) is 0 Å². The molecule has 0 saturated carbocycles. The zero-order valence-corrected chi connectivity index (χ0v) is 35.4. The second-order valence-electron chi connectivity index (χ2n) is 7.08. The molecule has 0 radical (unpaired) electrons. The Bertz CT molecular complexity index is 1280. The molecule has 31 heteroatoms. The molecule has 0 bridgehead atoms. The zero-order valence-electron chi connectivity index (χ0n) is 23.3. The van der Waals surface area contributed by atoms with Crippen LogP contribution in [0.1, 0.15) is 0 Å².